The zero-order chi connectivity index (χ0) is 24.4. The zero-order valence-electron chi connectivity index (χ0n) is 19.5. The third-order valence-electron chi connectivity index (χ3n) is 6.06. The number of halogens is 1. The van der Waals surface area contributed by atoms with Gasteiger partial charge in [-0.2, -0.15) is 0 Å². The summed E-state index contributed by atoms with van der Waals surface area (Å²) in [5.41, 5.74) is 2.15. The van der Waals surface area contributed by atoms with Crippen molar-refractivity contribution in [2.75, 3.05) is 18.0 Å². The lowest BCUT2D eigenvalue weighted by molar-refractivity contribution is -0.139. The molecule has 0 bridgehead atoms. The van der Waals surface area contributed by atoms with Crippen LogP contribution in [-0.4, -0.2) is 41.8 Å². The summed E-state index contributed by atoms with van der Waals surface area (Å²) in [5, 5.41) is 5.32. The van der Waals surface area contributed by atoms with Crippen LogP contribution in [0.4, 0.5) is 5.69 Å². The molecule has 6 nitrogen and oxygen atoms in total. The van der Waals surface area contributed by atoms with E-state index in [1.54, 1.807) is 25.1 Å². The average molecular weight is 478 g/mol. The average Bonchev–Trinajstić information content (AvgIpc) is 3.09. The number of nitrogens with zero attached hydrogens (tertiary/aromatic N) is 2. The molecule has 7 heteroatoms. The molecule has 0 radical (unpaired) electrons. The number of carbonyl (C=O) groups excluding carboxylic acids is 3. The molecule has 3 aromatic rings. The maximum Gasteiger partial charge on any atom is 0.259 e. The van der Waals surface area contributed by atoms with Gasteiger partial charge in [0.2, 0.25) is 11.8 Å². The Kier molecular flexibility index (Phi) is 6.89. The van der Waals surface area contributed by atoms with Gasteiger partial charge in [-0.15, -0.1) is 0 Å². The minimum absolute atomic E-state index is 0.151. The monoisotopic (exact) mass is 477 g/mol. The lowest BCUT2D eigenvalue weighted by Crippen LogP contribution is -2.51. The molecule has 1 aliphatic rings. The predicted molar refractivity (Wildman–Crippen MR) is 135 cm³/mol. The summed E-state index contributed by atoms with van der Waals surface area (Å²) in [6, 6.07) is 17.7. The number of anilines is 1. The number of amides is 3. The summed E-state index contributed by atoms with van der Waals surface area (Å²) in [5.74, 6) is -0.448. The quantitative estimate of drug-likeness (QED) is 0.513. The zero-order valence-corrected chi connectivity index (χ0v) is 20.3. The van der Waals surface area contributed by atoms with Crippen LogP contribution >= 0.6 is 11.6 Å². The van der Waals surface area contributed by atoms with E-state index >= 15 is 0 Å². The molecule has 3 amide bonds. The molecule has 34 heavy (non-hydrogen) atoms. The van der Waals surface area contributed by atoms with Crippen LogP contribution in [0.3, 0.4) is 0 Å². The lowest BCUT2D eigenvalue weighted by atomic mass is 10.1. The Hall–Kier alpha value is -3.38. The van der Waals surface area contributed by atoms with Gasteiger partial charge < -0.3 is 10.2 Å². The van der Waals surface area contributed by atoms with E-state index in [1.165, 1.54) is 9.80 Å². The van der Waals surface area contributed by atoms with Crippen molar-refractivity contribution >= 4 is 45.8 Å². The van der Waals surface area contributed by atoms with Crippen molar-refractivity contribution in [3.63, 3.8) is 0 Å². The first-order valence-electron chi connectivity index (χ1n) is 11.4. The largest absolute Gasteiger partial charge is 0.354 e. The third-order valence-corrected chi connectivity index (χ3v) is 6.31. The van der Waals surface area contributed by atoms with Crippen LogP contribution in [0.15, 0.2) is 60.7 Å². The number of nitrogens with one attached hydrogen (secondary N) is 1. The van der Waals surface area contributed by atoms with Crippen molar-refractivity contribution in [2.24, 2.45) is 5.92 Å². The van der Waals surface area contributed by atoms with E-state index in [0.717, 1.165) is 22.0 Å². The van der Waals surface area contributed by atoms with Gasteiger partial charge in [-0.3, -0.25) is 19.3 Å². The van der Waals surface area contributed by atoms with Crippen molar-refractivity contribution in [3.05, 3.63) is 76.8 Å². The summed E-state index contributed by atoms with van der Waals surface area (Å²) in [6.07, 6.45) is 0. The van der Waals surface area contributed by atoms with Gasteiger partial charge in [-0.25, -0.2) is 0 Å². The van der Waals surface area contributed by atoms with Gasteiger partial charge in [0.15, 0.2) is 0 Å². The van der Waals surface area contributed by atoms with Gasteiger partial charge in [-0.05, 0) is 48.1 Å². The number of hydrogen-bond acceptors (Lipinski definition) is 3. The number of carbonyl (C=O) groups is 3. The molecule has 1 N–H and O–H groups in total. The molecular formula is C27H28ClN3O3. The molecule has 0 aromatic heterocycles. The summed E-state index contributed by atoms with van der Waals surface area (Å²) < 4.78 is 0. The molecule has 4 rings (SSSR count). The van der Waals surface area contributed by atoms with Crippen molar-refractivity contribution in [3.8, 4) is 0 Å². The van der Waals surface area contributed by atoms with Gasteiger partial charge in [0.25, 0.3) is 5.91 Å². The van der Waals surface area contributed by atoms with E-state index in [0.29, 0.717) is 17.1 Å². The van der Waals surface area contributed by atoms with Crippen LogP contribution in [0.1, 0.15) is 36.7 Å². The first-order valence-corrected chi connectivity index (χ1v) is 11.8. The molecule has 0 aliphatic carbocycles. The number of hydrogen-bond donors (Lipinski definition) is 1. The molecule has 0 fully saturated rings. The van der Waals surface area contributed by atoms with Crippen LogP contribution in [0.25, 0.3) is 10.8 Å². The number of benzene rings is 3. The van der Waals surface area contributed by atoms with Crippen molar-refractivity contribution in [2.45, 2.75) is 33.4 Å². The van der Waals surface area contributed by atoms with E-state index in [1.807, 2.05) is 56.3 Å². The third kappa shape index (κ3) is 4.77. The number of rotatable bonds is 8. The molecule has 1 atom stereocenters. The molecule has 3 aromatic carbocycles. The van der Waals surface area contributed by atoms with Gasteiger partial charge >= 0.3 is 0 Å². The summed E-state index contributed by atoms with van der Waals surface area (Å²) >= 11 is 6.02. The van der Waals surface area contributed by atoms with Gasteiger partial charge in [0.1, 0.15) is 12.6 Å². The van der Waals surface area contributed by atoms with Gasteiger partial charge in [-0.1, -0.05) is 61.8 Å². The predicted octanol–water partition coefficient (Wildman–Crippen LogP) is 4.64. The second-order valence-corrected chi connectivity index (χ2v) is 9.47. The maximum absolute atomic E-state index is 13.6. The molecule has 0 unspecified atom stereocenters. The minimum Gasteiger partial charge on any atom is -0.354 e. The molecule has 0 saturated carbocycles. The Balaban J connectivity index is 1.60. The Morgan fingerprint density at radius 3 is 2.35 bits per heavy atom. The van der Waals surface area contributed by atoms with Crippen molar-refractivity contribution in [1.82, 2.24) is 10.2 Å². The highest BCUT2D eigenvalue weighted by molar-refractivity contribution is 6.30. The smallest absolute Gasteiger partial charge is 0.259 e. The second kappa shape index (κ2) is 9.85. The van der Waals surface area contributed by atoms with Crippen molar-refractivity contribution in [1.29, 1.82) is 0 Å². The first-order chi connectivity index (χ1) is 16.3. The highest BCUT2D eigenvalue weighted by Crippen LogP contribution is 2.37. The van der Waals surface area contributed by atoms with Crippen LogP contribution < -0.4 is 10.2 Å². The molecule has 1 aliphatic heterocycles. The highest BCUT2D eigenvalue weighted by atomic mass is 35.5. The fourth-order valence-corrected chi connectivity index (χ4v) is 4.31. The standard InChI is InChI=1S/C27H28ClN3O3/c1-17(2)14-29-26(33)18(3)30(15-19-10-12-21(28)13-11-19)24(32)16-31-23-9-5-7-20-6-4-8-22(25(20)23)27(31)34/h4-13,17-18H,14-16H2,1-3H3,(H,29,33)/t18-/m1/s1. The van der Waals surface area contributed by atoms with Crippen LogP contribution in [0.2, 0.25) is 5.02 Å². The molecule has 0 saturated heterocycles. The Labute approximate surface area is 204 Å². The molecule has 0 spiro atoms. The fraction of sp³-hybridized carbons (Fsp3) is 0.296. The van der Waals surface area contributed by atoms with Crippen LogP contribution in [-0.2, 0) is 16.1 Å². The normalized spacial score (nSPS) is 13.4. The Morgan fingerprint density at radius 2 is 1.68 bits per heavy atom. The summed E-state index contributed by atoms with van der Waals surface area (Å²) in [7, 11) is 0. The topological polar surface area (TPSA) is 69.7 Å². The molecule has 176 valence electrons. The van der Waals surface area contributed by atoms with Crippen LogP contribution in [0.5, 0.6) is 0 Å². The summed E-state index contributed by atoms with van der Waals surface area (Å²) in [6.45, 7) is 6.34. The second-order valence-electron chi connectivity index (χ2n) is 9.04. The maximum atomic E-state index is 13.6. The SMILES string of the molecule is CC(C)CNC(=O)[C@@H](C)N(Cc1ccc(Cl)cc1)C(=O)CN1C(=O)c2cccc3cccc1c23. The minimum atomic E-state index is -0.710. The van der Waals surface area contributed by atoms with E-state index in [9.17, 15) is 14.4 Å². The molecular weight excluding hydrogens is 450 g/mol. The van der Waals surface area contributed by atoms with E-state index in [4.69, 9.17) is 11.6 Å². The van der Waals surface area contributed by atoms with Crippen molar-refractivity contribution < 1.29 is 14.4 Å². The van der Waals surface area contributed by atoms with Crippen LogP contribution in [0, 0.1) is 5.92 Å². The first kappa shape index (κ1) is 23.8. The van der Waals surface area contributed by atoms with Gasteiger partial charge in [0.05, 0.1) is 5.69 Å². The lowest BCUT2D eigenvalue weighted by Gasteiger charge is -2.31. The Morgan fingerprint density at radius 1 is 1.00 bits per heavy atom. The van der Waals surface area contributed by atoms with E-state index in [-0.39, 0.29) is 36.7 Å². The summed E-state index contributed by atoms with van der Waals surface area (Å²) in [4.78, 5) is 42.7. The highest BCUT2D eigenvalue weighted by Gasteiger charge is 2.34. The Bertz CT molecular complexity index is 1230. The fourth-order valence-electron chi connectivity index (χ4n) is 4.18. The van der Waals surface area contributed by atoms with Gasteiger partial charge in [0, 0.05) is 29.1 Å². The van der Waals surface area contributed by atoms with E-state index in [2.05, 4.69) is 5.32 Å². The molecule has 1 heterocycles. The van der Waals surface area contributed by atoms with E-state index < -0.39 is 6.04 Å².